The molecule has 0 radical (unpaired) electrons. The van der Waals surface area contributed by atoms with Crippen LogP contribution < -0.4 is 26.2 Å². The lowest BCUT2D eigenvalue weighted by Gasteiger charge is -2.44. The van der Waals surface area contributed by atoms with Crippen molar-refractivity contribution in [3.8, 4) is 39.1 Å². The first-order valence-electron chi connectivity index (χ1n) is 22.1. The monoisotopic (exact) mass is 813 g/mol. The zero-order valence-corrected chi connectivity index (χ0v) is 35.0. The highest BCUT2D eigenvalue weighted by Gasteiger charge is 2.44. The molecule has 0 amide bonds. The van der Waals surface area contributed by atoms with E-state index in [1.54, 1.807) is 0 Å². The molecule has 13 rings (SSSR count). The smallest absolute Gasteiger partial charge is 0.252 e. The first kappa shape index (κ1) is 36.3. The summed E-state index contributed by atoms with van der Waals surface area (Å²) in [5.41, 5.74) is 21.9. The van der Waals surface area contributed by atoms with Gasteiger partial charge in [0.15, 0.2) is 0 Å². The van der Waals surface area contributed by atoms with Gasteiger partial charge in [0.1, 0.15) is 0 Å². The van der Waals surface area contributed by atoms with Gasteiger partial charge in [0.25, 0.3) is 6.71 Å². The van der Waals surface area contributed by atoms with Crippen molar-refractivity contribution in [1.29, 1.82) is 0 Å². The third-order valence-corrected chi connectivity index (χ3v) is 13.4. The van der Waals surface area contributed by atoms with Crippen molar-refractivity contribution in [1.82, 2.24) is 4.57 Å². The van der Waals surface area contributed by atoms with Crippen LogP contribution in [0.4, 0.5) is 34.1 Å². The van der Waals surface area contributed by atoms with E-state index in [9.17, 15) is 0 Å². The summed E-state index contributed by atoms with van der Waals surface area (Å²) in [6.45, 7) is 0.0168. The molecular formula is C60H40BN3. The van der Waals surface area contributed by atoms with E-state index in [2.05, 4.69) is 257 Å². The van der Waals surface area contributed by atoms with Gasteiger partial charge in [0.2, 0.25) is 0 Å². The van der Waals surface area contributed by atoms with Crippen LogP contribution in [0.5, 0.6) is 0 Å². The number of rotatable bonds is 6. The Hall–Kier alpha value is -8.34. The van der Waals surface area contributed by atoms with E-state index in [4.69, 9.17) is 0 Å². The lowest BCUT2D eigenvalue weighted by Crippen LogP contribution is -2.61. The SMILES string of the molecule is c1ccc(-c2ccc3c(c2)c2cc(-c4ccccc4)ccc2n3-c2ccc(-c3cccc4c3B3c5ccccc5N(c5ccccc5)c5cccc(c53)N4c3ccccc3)cc2)cc1. The van der Waals surface area contributed by atoms with Crippen molar-refractivity contribution in [3.05, 3.63) is 243 Å². The van der Waals surface area contributed by atoms with Gasteiger partial charge in [-0.3, -0.25) is 0 Å². The van der Waals surface area contributed by atoms with Gasteiger partial charge in [-0.1, -0.05) is 158 Å². The van der Waals surface area contributed by atoms with Crippen LogP contribution in [0.3, 0.4) is 0 Å². The summed E-state index contributed by atoms with van der Waals surface area (Å²) in [5, 5.41) is 2.48. The Kier molecular flexibility index (Phi) is 8.32. The average molecular weight is 814 g/mol. The highest BCUT2D eigenvalue weighted by molar-refractivity contribution is 7.01. The summed E-state index contributed by atoms with van der Waals surface area (Å²) in [7, 11) is 0. The Morgan fingerprint density at radius 2 is 0.719 bits per heavy atom. The fourth-order valence-electron chi connectivity index (χ4n) is 10.6. The van der Waals surface area contributed by atoms with Crippen molar-refractivity contribution in [2.45, 2.75) is 0 Å². The number of hydrogen-bond acceptors (Lipinski definition) is 2. The Bertz CT molecular complexity index is 3440. The summed E-state index contributed by atoms with van der Waals surface area (Å²) >= 11 is 0. The summed E-state index contributed by atoms with van der Waals surface area (Å²) in [5.74, 6) is 0. The van der Waals surface area contributed by atoms with Gasteiger partial charge in [-0.2, -0.15) is 0 Å². The molecule has 11 aromatic rings. The molecule has 0 saturated heterocycles. The molecule has 298 valence electrons. The van der Waals surface area contributed by atoms with Crippen LogP contribution in [0.15, 0.2) is 243 Å². The molecule has 0 atom stereocenters. The maximum Gasteiger partial charge on any atom is 0.252 e. The summed E-state index contributed by atoms with van der Waals surface area (Å²) in [6.07, 6.45) is 0. The number of nitrogens with zero attached hydrogens (tertiary/aromatic N) is 3. The molecule has 2 aliphatic rings. The van der Waals surface area contributed by atoms with Gasteiger partial charge in [-0.15, -0.1) is 0 Å². The molecule has 0 aliphatic carbocycles. The van der Waals surface area contributed by atoms with Crippen molar-refractivity contribution in [3.63, 3.8) is 0 Å². The quantitative estimate of drug-likeness (QED) is 0.155. The van der Waals surface area contributed by atoms with Crippen LogP contribution in [-0.2, 0) is 0 Å². The molecular weight excluding hydrogens is 773 g/mol. The molecule has 0 N–H and O–H groups in total. The van der Waals surface area contributed by atoms with E-state index in [0.29, 0.717) is 0 Å². The molecule has 0 bridgehead atoms. The third-order valence-electron chi connectivity index (χ3n) is 13.4. The first-order chi connectivity index (χ1) is 31.8. The molecule has 2 aliphatic heterocycles. The van der Waals surface area contributed by atoms with E-state index in [0.717, 1.165) is 17.1 Å². The number of hydrogen-bond donors (Lipinski definition) is 0. The standard InChI is InChI=1S/C60H40BN3/c1-5-17-41(18-6-1)44-33-37-53-50(39-44)51-40-45(42-19-7-2-8-20-42)34-38-54(51)62(53)48-35-31-43(32-36-48)49-25-15-28-56-59(49)61-52-26-13-14-27-55(52)63(46-21-9-3-10-22-46)57-29-16-30-58(60(57)61)64(56)47-23-11-4-12-24-47/h1-40H. The molecule has 0 spiro atoms. The predicted molar refractivity (Wildman–Crippen MR) is 271 cm³/mol. The summed E-state index contributed by atoms with van der Waals surface area (Å²) in [6, 6.07) is 88.9. The van der Waals surface area contributed by atoms with Crippen molar-refractivity contribution >= 4 is 79.0 Å². The third kappa shape index (κ3) is 5.63. The molecule has 3 nitrogen and oxygen atoms in total. The van der Waals surface area contributed by atoms with Crippen LogP contribution in [0.1, 0.15) is 0 Å². The lowest BCUT2D eigenvalue weighted by atomic mass is 9.32. The van der Waals surface area contributed by atoms with Crippen LogP contribution in [0.25, 0.3) is 60.9 Å². The van der Waals surface area contributed by atoms with E-state index < -0.39 is 0 Å². The fourth-order valence-corrected chi connectivity index (χ4v) is 10.6. The predicted octanol–water partition coefficient (Wildman–Crippen LogP) is 13.9. The number of para-hydroxylation sites is 3. The van der Waals surface area contributed by atoms with Crippen molar-refractivity contribution < 1.29 is 0 Å². The Balaban J connectivity index is 0.999. The second-order valence-electron chi connectivity index (χ2n) is 16.9. The van der Waals surface area contributed by atoms with Crippen LogP contribution >= 0.6 is 0 Å². The van der Waals surface area contributed by atoms with Crippen LogP contribution in [0.2, 0.25) is 0 Å². The molecule has 10 aromatic carbocycles. The highest BCUT2D eigenvalue weighted by Crippen LogP contribution is 2.45. The van der Waals surface area contributed by atoms with E-state index in [-0.39, 0.29) is 6.71 Å². The largest absolute Gasteiger partial charge is 0.311 e. The minimum Gasteiger partial charge on any atom is -0.311 e. The Labute approximate surface area is 373 Å². The van der Waals surface area contributed by atoms with Crippen LogP contribution in [-0.4, -0.2) is 11.3 Å². The van der Waals surface area contributed by atoms with Gasteiger partial charge < -0.3 is 14.4 Å². The second-order valence-corrected chi connectivity index (χ2v) is 16.9. The topological polar surface area (TPSA) is 11.4 Å². The van der Waals surface area contributed by atoms with Crippen LogP contribution in [0, 0.1) is 0 Å². The molecule has 0 saturated carbocycles. The number of anilines is 6. The molecule has 1 aromatic heterocycles. The number of aromatic nitrogens is 1. The Morgan fingerprint density at radius 3 is 1.28 bits per heavy atom. The van der Waals surface area contributed by atoms with Gasteiger partial charge >= 0.3 is 0 Å². The maximum atomic E-state index is 2.48. The highest BCUT2D eigenvalue weighted by atomic mass is 15.2. The average Bonchev–Trinajstić information content (AvgIpc) is 3.70. The normalized spacial score (nSPS) is 12.6. The molecule has 0 fully saturated rings. The van der Waals surface area contributed by atoms with Crippen molar-refractivity contribution in [2.24, 2.45) is 0 Å². The summed E-state index contributed by atoms with van der Waals surface area (Å²) < 4.78 is 2.44. The fraction of sp³-hybridized carbons (Fsp3) is 0. The minimum absolute atomic E-state index is 0.0168. The van der Waals surface area contributed by atoms with Gasteiger partial charge in [-0.25, -0.2) is 0 Å². The number of fused-ring (bicyclic) bond motifs is 7. The van der Waals surface area contributed by atoms with E-state index in [1.807, 2.05) is 0 Å². The molecule has 64 heavy (non-hydrogen) atoms. The minimum atomic E-state index is 0.0168. The molecule has 0 unspecified atom stereocenters. The van der Waals surface area contributed by atoms with E-state index >= 15 is 0 Å². The van der Waals surface area contributed by atoms with Gasteiger partial charge in [0, 0.05) is 50.6 Å². The summed E-state index contributed by atoms with van der Waals surface area (Å²) in [4.78, 5) is 4.93. The zero-order valence-electron chi connectivity index (χ0n) is 35.0. The lowest BCUT2D eigenvalue weighted by molar-refractivity contribution is 1.18. The second kappa shape index (κ2) is 14.6. The first-order valence-corrected chi connectivity index (χ1v) is 22.1. The maximum absolute atomic E-state index is 2.48. The zero-order chi connectivity index (χ0) is 42.1. The number of benzene rings is 10. The molecule has 3 heterocycles. The molecule has 4 heteroatoms. The van der Waals surface area contributed by atoms with E-state index in [1.165, 1.54) is 94.3 Å². The van der Waals surface area contributed by atoms with Gasteiger partial charge in [-0.05, 0) is 135 Å². The van der Waals surface area contributed by atoms with Crippen molar-refractivity contribution in [2.75, 3.05) is 9.80 Å². The van der Waals surface area contributed by atoms with Gasteiger partial charge in [0.05, 0.1) is 11.0 Å². The Morgan fingerprint density at radius 1 is 0.281 bits per heavy atom.